The second-order valence-electron chi connectivity index (χ2n) is 5.54. The minimum absolute atomic E-state index is 0.0110. The van der Waals surface area contributed by atoms with Crippen LogP contribution in [-0.2, 0) is 17.9 Å². The van der Waals surface area contributed by atoms with Crippen molar-refractivity contribution in [3.63, 3.8) is 0 Å². The molecule has 0 atom stereocenters. The van der Waals surface area contributed by atoms with Crippen molar-refractivity contribution in [1.82, 2.24) is 14.7 Å². The van der Waals surface area contributed by atoms with Crippen LogP contribution in [0.3, 0.4) is 0 Å². The van der Waals surface area contributed by atoms with Crippen molar-refractivity contribution in [3.05, 3.63) is 62.8 Å². The van der Waals surface area contributed by atoms with Crippen molar-refractivity contribution in [2.75, 3.05) is 7.05 Å². The molecule has 2 rings (SSSR count). The van der Waals surface area contributed by atoms with Crippen LogP contribution in [0.1, 0.15) is 22.4 Å². The van der Waals surface area contributed by atoms with Crippen LogP contribution in [0.15, 0.2) is 29.1 Å². The Bertz CT molecular complexity index is 883. The second kappa shape index (κ2) is 7.04. The zero-order valence-corrected chi connectivity index (χ0v) is 13.7. The summed E-state index contributed by atoms with van der Waals surface area (Å²) in [6.07, 6.45) is 0. The van der Waals surface area contributed by atoms with E-state index in [2.05, 4.69) is 5.10 Å². The molecule has 0 N–H and O–H groups in total. The van der Waals surface area contributed by atoms with Crippen LogP contribution in [0.2, 0.25) is 0 Å². The monoisotopic (exact) mass is 328 g/mol. The molecular formula is C17H17FN4O2. The van der Waals surface area contributed by atoms with Crippen molar-refractivity contribution in [2.45, 2.75) is 26.9 Å². The molecule has 0 saturated carbocycles. The van der Waals surface area contributed by atoms with E-state index in [4.69, 9.17) is 5.26 Å². The molecule has 0 spiro atoms. The molecule has 7 heteroatoms. The summed E-state index contributed by atoms with van der Waals surface area (Å²) in [6.45, 7) is 3.25. The van der Waals surface area contributed by atoms with E-state index in [-0.39, 0.29) is 30.4 Å². The third-order valence-electron chi connectivity index (χ3n) is 3.77. The van der Waals surface area contributed by atoms with Gasteiger partial charge in [0.1, 0.15) is 24.0 Å². The molecular weight excluding hydrogens is 311 g/mol. The molecule has 0 radical (unpaired) electrons. The van der Waals surface area contributed by atoms with Gasteiger partial charge in [0.15, 0.2) is 0 Å². The minimum Gasteiger partial charge on any atom is -0.340 e. The molecule has 0 saturated heterocycles. The second-order valence-corrected chi connectivity index (χ2v) is 5.54. The number of aromatic nitrogens is 2. The highest BCUT2D eigenvalue weighted by molar-refractivity contribution is 5.75. The summed E-state index contributed by atoms with van der Waals surface area (Å²) in [6, 6.07) is 7.80. The maximum absolute atomic E-state index is 13.2. The zero-order valence-electron chi connectivity index (χ0n) is 13.7. The molecule has 1 aromatic heterocycles. The lowest BCUT2D eigenvalue weighted by Crippen LogP contribution is -2.36. The number of carbonyl (C=O) groups excluding carboxylic acids is 1. The van der Waals surface area contributed by atoms with Crippen LogP contribution in [0, 0.1) is 31.0 Å². The fraction of sp³-hybridized carbons (Fsp3) is 0.294. The average molecular weight is 328 g/mol. The van der Waals surface area contributed by atoms with Gasteiger partial charge in [-0.25, -0.2) is 9.07 Å². The summed E-state index contributed by atoms with van der Waals surface area (Å²) >= 11 is 0. The van der Waals surface area contributed by atoms with E-state index in [1.165, 1.54) is 17.0 Å². The van der Waals surface area contributed by atoms with E-state index in [1.807, 2.05) is 6.07 Å². The Labute approximate surface area is 138 Å². The molecule has 1 aromatic carbocycles. The highest BCUT2D eigenvalue weighted by Crippen LogP contribution is 2.08. The van der Waals surface area contributed by atoms with Gasteiger partial charge in [-0.1, -0.05) is 12.1 Å². The number of nitriles is 1. The highest BCUT2D eigenvalue weighted by Gasteiger charge is 2.16. The Morgan fingerprint density at radius 3 is 2.75 bits per heavy atom. The smallest absolute Gasteiger partial charge is 0.285 e. The topological polar surface area (TPSA) is 79.0 Å². The van der Waals surface area contributed by atoms with Gasteiger partial charge in [0.2, 0.25) is 5.91 Å². The molecule has 0 aliphatic carbocycles. The number of amides is 1. The summed E-state index contributed by atoms with van der Waals surface area (Å²) in [5, 5.41) is 13.2. The summed E-state index contributed by atoms with van der Waals surface area (Å²) in [4.78, 5) is 25.9. The van der Waals surface area contributed by atoms with E-state index < -0.39 is 5.56 Å². The summed E-state index contributed by atoms with van der Waals surface area (Å²) in [5.41, 5.74) is 1.08. The first-order chi connectivity index (χ1) is 11.3. The highest BCUT2D eigenvalue weighted by atomic mass is 19.1. The normalized spacial score (nSPS) is 10.3. The Morgan fingerprint density at radius 1 is 1.42 bits per heavy atom. The fourth-order valence-corrected chi connectivity index (χ4v) is 2.26. The third-order valence-corrected chi connectivity index (χ3v) is 3.77. The van der Waals surface area contributed by atoms with Gasteiger partial charge in [-0.3, -0.25) is 9.59 Å². The van der Waals surface area contributed by atoms with E-state index in [0.29, 0.717) is 16.8 Å². The minimum atomic E-state index is -0.590. The molecule has 0 aliphatic rings. The Morgan fingerprint density at radius 2 is 2.12 bits per heavy atom. The molecule has 0 aliphatic heterocycles. The summed E-state index contributed by atoms with van der Waals surface area (Å²) < 4.78 is 14.2. The summed E-state index contributed by atoms with van der Waals surface area (Å²) in [5.74, 6) is -0.736. The number of nitrogens with zero attached hydrogens (tertiary/aromatic N) is 4. The van der Waals surface area contributed by atoms with Gasteiger partial charge in [0.25, 0.3) is 5.56 Å². The van der Waals surface area contributed by atoms with Crippen molar-refractivity contribution in [3.8, 4) is 6.07 Å². The Hall–Kier alpha value is -3.01. The Kier molecular flexibility index (Phi) is 5.09. The number of rotatable bonds is 4. The molecule has 0 unspecified atom stereocenters. The van der Waals surface area contributed by atoms with E-state index in [9.17, 15) is 14.0 Å². The largest absolute Gasteiger partial charge is 0.340 e. The molecule has 0 fully saturated rings. The number of benzene rings is 1. The molecule has 24 heavy (non-hydrogen) atoms. The third kappa shape index (κ3) is 3.66. The van der Waals surface area contributed by atoms with Crippen LogP contribution in [-0.4, -0.2) is 27.6 Å². The quantitative estimate of drug-likeness (QED) is 0.852. The fourth-order valence-electron chi connectivity index (χ4n) is 2.26. The Balaban J connectivity index is 2.19. The van der Waals surface area contributed by atoms with Gasteiger partial charge in [-0.2, -0.15) is 10.4 Å². The molecule has 1 heterocycles. The van der Waals surface area contributed by atoms with Gasteiger partial charge in [-0.15, -0.1) is 0 Å². The van der Waals surface area contributed by atoms with Gasteiger partial charge < -0.3 is 4.90 Å². The first kappa shape index (κ1) is 17.3. The zero-order chi connectivity index (χ0) is 17.9. The number of carbonyl (C=O) groups is 1. The van der Waals surface area contributed by atoms with Crippen LogP contribution in [0.4, 0.5) is 4.39 Å². The maximum Gasteiger partial charge on any atom is 0.285 e. The molecule has 6 nitrogen and oxygen atoms in total. The van der Waals surface area contributed by atoms with Crippen LogP contribution >= 0.6 is 0 Å². The van der Waals surface area contributed by atoms with Crippen LogP contribution in [0.5, 0.6) is 0 Å². The number of halogens is 1. The van der Waals surface area contributed by atoms with E-state index in [1.54, 1.807) is 33.0 Å². The van der Waals surface area contributed by atoms with Gasteiger partial charge in [-0.05, 0) is 37.1 Å². The predicted octanol–water partition coefficient (Wildman–Crippen LogP) is 1.53. The van der Waals surface area contributed by atoms with Crippen molar-refractivity contribution in [1.29, 1.82) is 5.26 Å². The number of aryl methyl sites for hydroxylation is 1. The van der Waals surface area contributed by atoms with E-state index in [0.717, 1.165) is 4.68 Å². The SMILES string of the molecule is Cc1nn(CC(=O)N(C)Cc2cccc(F)c2)c(=O)c(C#N)c1C. The van der Waals surface area contributed by atoms with Crippen molar-refractivity contribution in [2.24, 2.45) is 0 Å². The van der Waals surface area contributed by atoms with Gasteiger partial charge in [0, 0.05) is 13.6 Å². The van der Waals surface area contributed by atoms with Crippen LogP contribution < -0.4 is 5.56 Å². The number of hydrogen-bond donors (Lipinski definition) is 0. The molecule has 2 aromatic rings. The lowest BCUT2D eigenvalue weighted by molar-refractivity contribution is -0.131. The predicted molar refractivity (Wildman–Crippen MR) is 85.6 cm³/mol. The first-order valence-electron chi connectivity index (χ1n) is 7.30. The van der Waals surface area contributed by atoms with E-state index >= 15 is 0 Å². The average Bonchev–Trinajstić information content (AvgIpc) is 2.53. The molecule has 124 valence electrons. The summed E-state index contributed by atoms with van der Waals surface area (Å²) in [7, 11) is 1.56. The lowest BCUT2D eigenvalue weighted by Gasteiger charge is -2.18. The standard InChI is InChI=1S/C17H17FN4O2/c1-11-12(2)20-22(17(24)15(11)8-19)10-16(23)21(3)9-13-5-4-6-14(18)7-13/h4-7H,9-10H2,1-3H3. The maximum atomic E-state index is 13.2. The van der Waals surface area contributed by atoms with Crippen LogP contribution in [0.25, 0.3) is 0 Å². The lowest BCUT2D eigenvalue weighted by atomic mass is 10.1. The first-order valence-corrected chi connectivity index (χ1v) is 7.30. The molecule has 1 amide bonds. The van der Waals surface area contributed by atoms with Gasteiger partial charge >= 0.3 is 0 Å². The van der Waals surface area contributed by atoms with Crippen molar-refractivity contribution >= 4 is 5.91 Å². The number of hydrogen-bond acceptors (Lipinski definition) is 4. The van der Waals surface area contributed by atoms with Gasteiger partial charge in [0.05, 0.1) is 5.69 Å². The molecule has 0 bridgehead atoms. The number of likely N-dealkylation sites (N-methyl/N-ethyl adjacent to an activating group) is 1. The van der Waals surface area contributed by atoms with Crippen molar-refractivity contribution < 1.29 is 9.18 Å².